The third-order valence-corrected chi connectivity index (χ3v) is 3.08. The van der Waals surface area contributed by atoms with Crippen LogP contribution in [-0.2, 0) is 6.61 Å². The number of rotatable bonds is 6. The van der Waals surface area contributed by atoms with Crippen LogP contribution < -0.4 is 15.2 Å². The van der Waals surface area contributed by atoms with Crippen molar-refractivity contribution in [2.24, 2.45) is 5.73 Å². The molecule has 0 amide bonds. The molecule has 0 aliphatic rings. The van der Waals surface area contributed by atoms with Crippen molar-refractivity contribution in [3.63, 3.8) is 0 Å². The largest absolute Gasteiger partial charge is 0.494 e. The standard InChI is InChI=1S/C16H16FNO2S/c1-2-19-13-4-6-14(7-5-13)20-10-11-9-12(17)3-8-15(11)16(18)21/h3-9H,2,10H2,1H3,(H2,18,21). The highest BCUT2D eigenvalue weighted by Gasteiger charge is 2.07. The van der Waals surface area contributed by atoms with Gasteiger partial charge in [0.2, 0.25) is 0 Å². The molecule has 0 saturated heterocycles. The average molecular weight is 305 g/mol. The van der Waals surface area contributed by atoms with Gasteiger partial charge in [-0.15, -0.1) is 0 Å². The van der Waals surface area contributed by atoms with Crippen molar-refractivity contribution in [1.29, 1.82) is 0 Å². The molecule has 5 heteroatoms. The topological polar surface area (TPSA) is 44.5 Å². The highest BCUT2D eigenvalue weighted by Crippen LogP contribution is 2.20. The van der Waals surface area contributed by atoms with Crippen molar-refractivity contribution in [3.05, 3.63) is 59.4 Å². The van der Waals surface area contributed by atoms with E-state index < -0.39 is 0 Å². The molecule has 2 N–H and O–H groups in total. The number of nitrogens with two attached hydrogens (primary N) is 1. The Morgan fingerprint density at radius 2 is 1.71 bits per heavy atom. The Balaban J connectivity index is 2.08. The van der Waals surface area contributed by atoms with E-state index in [1.807, 2.05) is 19.1 Å². The van der Waals surface area contributed by atoms with E-state index in [-0.39, 0.29) is 17.4 Å². The van der Waals surface area contributed by atoms with Crippen LogP contribution >= 0.6 is 12.2 Å². The SMILES string of the molecule is CCOc1ccc(OCc2cc(F)ccc2C(N)=S)cc1. The average Bonchev–Trinajstić information content (AvgIpc) is 2.46. The summed E-state index contributed by atoms with van der Waals surface area (Å²) in [5, 5.41) is 0. The molecular weight excluding hydrogens is 289 g/mol. The monoisotopic (exact) mass is 305 g/mol. The van der Waals surface area contributed by atoms with Crippen LogP contribution in [0.2, 0.25) is 0 Å². The Hall–Kier alpha value is -2.14. The van der Waals surface area contributed by atoms with Gasteiger partial charge >= 0.3 is 0 Å². The number of hydrogen-bond acceptors (Lipinski definition) is 3. The minimum Gasteiger partial charge on any atom is -0.494 e. The molecule has 0 fully saturated rings. The number of thiocarbonyl (C=S) groups is 1. The third kappa shape index (κ3) is 4.16. The van der Waals surface area contributed by atoms with E-state index in [9.17, 15) is 4.39 Å². The highest BCUT2D eigenvalue weighted by molar-refractivity contribution is 7.80. The van der Waals surface area contributed by atoms with Crippen LogP contribution in [0.1, 0.15) is 18.1 Å². The zero-order chi connectivity index (χ0) is 15.2. The lowest BCUT2D eigenvalue weighted by atomic mass is 10.1. The third-order valence-electron chi connectivity index (χ3n) is 2.86. The molecule has 0 saturated carbocycles. The molecule has 0 aliphatic heterocycles. The molecule has 0 aliphatic carbocycles. The lowest BCUT2D eigenvalue weighted by molar-refractivity contribution is 0.303. The van der Waals surface area contributed by atoms with Gasteiger partial charge in [0.05, 0.1) is 6.61 Å². The van der Waals surface area contributed by atoms with Gasteiger partial charge in [-0.25, -0.2) is 4.39 Å². The summed E-state index contributed by atoms with van der Waals surface area (Å²) >= 11 is 4.95. The summed E-state index contributed by atoms with van der Waals surface area (Å²) in [4.78, 5) is 0.222. The summed E-state index contributed by atoms with van der Waals surface area (Å²) in [5.74, 6) is 1.09. The number of ether oxygens (including phenoxy) is 2. The van der Waals surface area contributed by atoms with E-state index in [2.05, 4.69) is 0 Å². The zero-order valence-corrected chi connectivity index (χ0v) is 12.5. The van der Waals surface area contributed by atoms with Gasteiger partial charge < -0.3 is 15.2 Å². The lowest BCUT2D eigenvalue weighted by Gasteiger charge is -2.11. The Kier molecular flexibility index (Phi) is 5.11. The van der Waals surface area contributed by atoms with Crippen molar-refractivity contribution >= 4 is 17.2 Å². The van der Waals surface area contributed by atoms with E-state index in [1.165, 1.54) is 12.1 Å². The number of halogens is 1. The van der Waals surface area contributed by atoms with Gasteiger partial charge in [-0.1, -0.05) is 12.2 Å². The van der Waals surface area contributed by atoms with Crippen LogP contribution in [0.25, 0.3) is 0 Å². The Morgan fingerprint density at radius 3 is 2.29 bits per heavy atom. The van der Waals surface area contributed by atoms with Crippen molar-refractivity contribution in [1.82, 2.24) is 0 Å². The highest BCUT2D eigenvalue weighted by atomic mass is 32.1. The molecule has 2 aromatic carbocycles. The van der Waals surface area contributed by atoms with Crippen LogP contribution in [0.15, 0.2) is 42.5 Å². The molecule has 0 atom stereocenters. The summed E-state index contributed by atoms with van der Waals surface area (Å²) in [7, 11) is 0. The smallest absolute Gasteiger partial charge is 0.123 e. The molecule has 0 aromatic heterocycles. The Labute approximate surface area is 128 Å². The van der Waals surface area contributed by atoms with Gasteiger partial charge in [0.25, 0.3) is 0 Å². The fraction of sp³-hybridized carbons (Fsp3) is 0.188. The second-order valence-electron chi connectivity index (χ2n) is 4.36. The Bertz CT molecular complexity index is 629. The predicted octanol–water partition coefficient (Wildman–Crippen LogP) is 3.44. The molecule has 2 rings (SSSR count). The first-order chi connectivity index (χ1) is 10.1. The van der Waals surface area contributed by atoms with Crippen LogP contribution in [0.4, 0.5) is 4.39 Å². The van der Waals surface area contributed by atoms with Crippen LogP contribution in [0.3, 0.4) is 0 Å². The fourth-order valence-corrected chi connectivity index (χ4v) is 2.08. The van der Waals surface area contributed by atoms with Crippen molar-refractivity contribution in [2.75, 3.05) is 6.61 Å². The van der Waals surface area contributed by atoms with Crippen molar-refractivity contribution < 1.29 is 13.9 Å². The van der Waals surface area contributed by atoms with Crippen LogP contribution in [0, 0.1) is 5.82 Å². The van der Waals surface area contributed by atoms with Crippen LogP contribution in [0.5, 0.6) is 11.5 Å². The number of hydrogen-bond donors (Lipinski definition) is 1. The quantitative estimate of drug-likeness (QED) is 0.830. The summed E-state index contributed by atoms with van der Waals surface area (Å²) < 4.78 is 24.3. The molecular formula is C16H16FNO2S. The van der Waals surface area contributed by atoms with E-state index >= 15 is 0 Å². The van der Waals surface area contributed by atoms with Crippen molar-refractivity contribution in [2.45, 2.75) is 13.5 Å². The van der Waals surface area contributed by atoms with Gasteiger partial charge in [0.15, 0.2) is 0 Å². The normalized spacial score (nSPS) is 10.2. The van der Waals surface area contributed by atoms with Gasteiger partial charge in [0, 0.05) is 11.1 Å². The van der Waals surface area contributed by atoms with Gasteiger partial charge in [-0.2, -0.15) is 0 Å². The van der Waals surface area contributed by atoms with Gasteiger partial charge in [-0.05, 0) is 49.4 Å². The second-order valence-corrected chi connectivity index (χ2v) is 4.80. The summed E-state index contributed by atoms with van der Waals surface area (Å²) in [5.41, 5.74) is 6.87. The number of benzene rings is 2. The maximum atomic E-state index is 13.3. The molecule has 0 radical (unpaired) electrons. The predicted molar refractivity (Wildman–Crippen MR) is 84.2 cm³/mol. The molecule has 0 spiro atoms. The summed E-state index contributed by atoms with van der Waals surface area (Å²) in [6, 6.07) is 11.5. The first-order valence-corrected chi connectivity index (χ1v) is 6.95. The van der Waals surface area contributed by atoms with Gasteiger partial charge in [0.1, 0.15) is 28.9 Å². The summed E-state index contributed by atoms with van der Waals surface area (Å²) in [6.07, 6.45) is 0. The zero-order valence-electron chi connectivity index (χ0n) is 11.6. The fourth-order valence-electron chi connectivity index (χ4n) is 1.88. The maximum absolute atomic E-state index is 13.3. The molecule has 0 bridgehead atoms. The van der Waals surface area contributed by atoms with Crippen LogP contribution in [-0.4, -0.2) is 11.6 Å². The molecule has 0 heterocycles. The van der Waals surface area contributed by atoms with Gasteiger partial charge in [-0.3, -0.25) is 0 Å². The summed E-state index contributed by atoms with van der Waals surface area (Å²) in [6.45, 7) is 2.73. The second kappa shape index (κ2) is 7.04. The molecule has 21 heavy (non-hydrogen) atoms. The molecule has 0 unspecified atom stereocenters. The maximum Gasteiger partial charge on any atom is 0.123 e. The first kappa shape index (κ1) is 15.3. The first-order valence-electron chi connectivity index (χ1n) is 6.54. The molecule has 110 valence electrons. The van der Waals surface area contributed by atoms with E-state index in [4.69, 9.17) is 27.4 Å². The minimum absolute atomic E-state index is 0.193. The minimum atomic E-state index is -0.347. The molecule has 2 aromatic rings. The van der Waals surface area contributed by atoms with Crippen molar-refractivity contribution in [3.8, 4) is 11.5 Å². The van der Waals surface area contributed by atoms with E-state index in [1.54, 1.807) is 18.2 Å². The van der Waals surface area contributed by atoms with E-state index in [0.717, 1.165) is 5.75 Å². The Morgan fingerprint density at radius 1 is 1.10 bits per heavy atom. The van der Waals surface area contributed by atoms with E-state index in [0.29, 0.717) is 23.5 Å². The molecule has 3 nitrogen and oxygen atoms in total. The lowest BCUT2D eigenvalue weighted by Crippen LogP contribution is -2.13.